The van der Waals surface area contributed by atoms with Crippen LogP contribution < -0.4 is 20.7 Å². The SMILES string of the molecule is NC1CCCN(C(=O)c2cc3c4c(c2)OCCN4[C@H](c2cc4ccccc4n2Cc2ccc(Cl)cc2)N3)C1. The van der Waals surface area contributed by atoms with Crippen molar-refractivity contribution in [1.29, 1.82) is 0 Å². The second-order valence-corrected chi connectivity index (χ2v) is 10.9. The van der Waals surface area contributed by atoms with Crippen molar-refractivity contribution in [3.63, 3.8) is 0 Å². The molecule has 3 aromatic carbocycles. The standard InChI is InChI=1S/C30H30ClN5O2/c31-22-9-7-19(8-10-22)17-36-25-6-2-1-4-20(25)15-26(36)29-33-24-14-21(16-27-28(24)35(29)12-13-38-27)30(37)34-11-3-5-23(32)18-34/h1-2,4,6-10,14-16,23,29,33H,3,5,11-13,17-18,32H2/t23?,29-/m1/s1. The van der Waals surface area contributed by atoms with Gasteiger partial charge in [-0.1, -0.05) is 41.9 Å². The van der Waals surface area contributed by atoms with Crippen molar-refractivity contribution < 1.29 is 9.53 Å². The summed E-state index contributed by atoms with van der Waals surface area (Å²) in [5, 5.41) is 5.67. The van der Waals surface area contributed by atoms with Crippen LogP contribution in [-0.2, 0) is 6.54 Å². The minimum absolute atomic E-state index is 0.0158. The number of nitrogens with zero attached hydrogens (tertiary/aromatic N) is 3. The number of fused-ring (bicyclic) bond motifs is 1. The molecule has 0 aliphatic carbocycles. The zero-order chi connectivity index (χ0) is 25.8. The number of piperidine rings is 1. The molecule has 0 bridgehead atoms. The Hall–Kier alpha value is -3.68. The molecule has 1 unspecified atom stereocenters. The highest BCUT2D eigenvalue weighted by atomic mass is 35.5. The molecule has 1 aromatic heterocycles. The summed E-state index contributed by atoms with van der Waals surface area (Å²) in [7, 11) is 0. The van der Waals surface area contributed by atoms with E-state index in [0.717, 1.165) is 54.6 Å². The number of anilines is 2. The van der Waals surface area contributed by atoms with Gasteiger partial charge < -0.3 is 30.2 Å². The van der Waals surface area contributed by atoms with Gasteiger partial charge in [-0.2, -0.15) is 0 Å². The molecule has 38 heavy (non-hydrogen) atoms. The van der Waals surface area contributed by atoms with Crippen LogP contribution in [0.25, 0.3) is 10.9 Å². The summed E-state index contributed by atoms with van der Waals surface area (Å²) in [4.78, 5) is 17.7. The number of amides is 1. The number of rotatable bonds is 4. The quantitative estimate of drug-likeness (QED) is 0.380. The normalized spacial score (nSPS) is 20.3. The van der Waals surface area contributed by atoms with E-state index in [9.17, 15) is 4.79 Å². The minimum atomic E-state index is -0.0823. The van der Waals surface area contributed by atoms with E-state index in [1.54, 1.807) is 0 Å². The van der Waals surface area contributed by atoms with Gasteiger partial charge in [-0.3, -0.25) is 4.79 Å². The van der Waals surface area contributed by atoms with Crippen LogP contribution in [0.5, 0.6) is 5.75 Å². The summed E-state index contributed by atoms with van der Waals surface area (Å²) >= 11 is 6.16. The van der Waals surface area contributed by atoms with Gasteiger partial charge in [0, 0.05) is 47.2 Å². The Morgan fingerprint density at radius 3 is 2.76 bits per heavy atom. The van der Waals surface area contributed by atoms with Gasteiger partial charge in [-0.15, -0.1) is 0 Å². The molecular weight excluding hydrogens is 498 g/mol. The number of hydrogen-bond acceptors (Lipinski definition) is 5. The highest BCUT2D eigenvalue weighted by Gasteiger charge is 2.38. The van der Waals surface area contributed by atoms with E-state index >= 15 is 0 Å². The van der Waals surface area contributed by atoms with Gasteiger partial charge in [0.1, 0.15) is 24.2 Å². The monoisotopic (exact) mass is 527 g/mol. The van der Waals surface area contributed by atoms with E-state index in [4.69, 9.17) is 22.1 Å². The topological polar surface area (TPSA) is 75.8 Å². The van der Waals surface area contributed by atoms with Gasteiger partial charge in [0.15, 0.2) is 0 Å². The van der Waals surface area contributed by atoms with Crippen molar-refractivity contribution in [3.05, 3.63) is 88.6 Å². The maximum Gasteiger partial charge on any atom is 0.254 e. The second-order valence-electron chi connectivity index (χ2n) is 10.5. The lowest BCUT2D eigenvalue weighted by Gasteiger charge is -2.33. The first-order valence-corrected chi connectivity index (χ1v) is 13.6. The molecule has 3 N–H and O–H groups in total. The average Bonchev–Trinajstić information content (AvgIpc) is 3.49. The molecule has 7 rings (SSSR count). The number of nitrogens with two attached hydrogens (primary N) is 1. The Labute approximate surface area is 226 Å². The van der Waals surface area contributed by atoms with Gasteiger partial charge in [0.2, 0.25) is 0 Å². The maximum atomic E-state index is 13.4. The maximum absolute atomic E-state index is 13.4. The Bertz CT molecular complexity index is 1530. The van der Waals surface area contributed by atoms with Crippen LogP contribution in [0, 0.1) is 0 Å². The molecule has 3 aliphatic heterocycles. The number of aromatic nitrogens is 1. The van der Waals surface area contributed by atoms with Crippen molar-refractivity contribution >= 4 is 39.8 Å². The van der Waals surface area contributed by atoms with Crippen LogP contribution in [0.3, 0.4) is 0 Å². The summed E-state index contributed by atoms with van der Waals surface area (Å²) in [6.45, 7) is 3.39. The largest absolute Gasteiger partial charge is 0.489 e. The summed E-state index contributed by atoms with van der Waals surface area (Å²) in [5.41, 5.74) is 12.3. The highest BCUT2D eigenvalue weighted by Crippen LogP contribution is 2.50. The minimum Gasteiger partial charge on any atom is -0.489 e. The third-order valence-corrected chi connectivity index (χ3v) is 8.18. The molecule has 4 heterocycles. The van der Waals surface area contributed by atoms with Crippen molar-refractivity contribution in [2.45, 2.75) is 31.6 Å². The van der Waals surface area contributed by atoms with Gasteiger partial charge in [-0.25, -0.2) is 0 Å². The highest BCUT2D eigenvalue weighted by molar-refractivity contribution is 6.30. The van der Waals surface area contributed by atoms with Crippen LogP contribution in [0.4, 0.5) is 11.4 Å². The Morgan fingerprint density at radius 2 is 1.92 bits per heavy atom. The van der Waals surface area contributed by atoms with Crippen molar-refractivity contribution in [2.24, 2.45) is 5.73 Å². The fourth-order valence-corrected chi connectivity index (χ4v) is 6.24. The molecule has 8 heteroatoms. The van der Waals surface area contributed by atoms with Crippen molar-refractivity contribution in [1.82, 2.24) is 9.47 Å². The van der Waals surface area contributed by atoms with Gasteiger partial charge in [0.05, 0.1) is 17.9 Å². The van der Waals surface area contributed by atoms with Crippen LogP contribution in [-0.4, -0.2) is 47.7 Å². The van der Waals surface area contributed by atoms with Gasteiger partial charge in [0.25, 0.3) is 5.91 Å². The molecule has 4 aromatic rings. The molecule has 194 valence electrons. The van der Waals surface area contributed by atoms with E-state index in [1.165, 1.54) is 22.2 Å². The molecule has 0 radical (unpaired) electrons. The van der Waals surface area contributed by atoms with Crippen LogP contribution in [0.2, 0.25) is 5.02 Å². The fourth-order valence-electron chi connectivity index (χ4n) is 6.11. The molecule has 3 aliphatic rings. The first kappa shape index (κ1) is 23.4. The molecule has 0 spiro atoms. The molecule has 7 nitrogen and oxygen atoms in total. The number of benzene rings is 3. The van der Waals surface area contributed by atoms with Crippen LogP contribution in [0.15, 0.2) is 66.7 Å². The lowest BCUT2D eigenvalue weighted by Crippen LogP contribution is -2.45. The first-order valence-electron chi connectivity index (χ1n) is 13.3. The summed E-state index contributed by atoms with van der Waals surface area (Å²) < 4.78 is 8.47. The second kappa shape index (κ2) is 9.26. The Morgan fingerprint density at radius 1 is 1.08 bits per heavy atom. The third kappa shape index (κ3) is 3.97. The number of hydrogen-bond donors (Lipinski definition) is 2. The van der Waals surface area contributed by atoms with Crippen LogP contribution in [0.1, 0.15) is 40.6 Å². The number of likely N-dealkylation sites (tertiary alicyclic amines) is 1. The number of halogens is 1. The lowest BCUT2D eigenvalue weighted by molar-refractivity contribution is 0.0708. The predicted molar refractivity (Wildman–Crippen MR) is 151 cm³/mol. The van der Waals surface area contributed by atoms with E-state index in [-0.39, 0.29) is 18.1 Å². The Kier molecular flexibility index (Phi) is 5.71. The molecular formula is C30H30ClN5O2. The van der Waals surface area contributed by atoms with E-state index in [1.807, 2.05) is 29.2 Å². The van der Waals surface area contributed by atoms with Crippen molar-refractivity contribution in [3.8, 4) is 5.75 Å². The summed E-state index contributed by atoms with van der Waals surface area (Å²) in [5.74, 6) is 0.774. The molecule has 0 saturated carbocycles. The summed E-state index contributed by atoms with van der Waals surface area (Å²) in [6.07, 6.45) is 1.82. The zero-order valence-electron chi connectivity index (χ0n) is 21.1. The van der Waals surface area contributed by atoms with E-state index < -0.39 is 0 Å². The number of carbonyl (C=O) groups excluding carboxylic acids is 1. The van der Waals surface area contributed by atoms with E-state index in [2.05, 4.69) is 57.2 Å². The number of nitrogens with one attached hydrogen (secondary N) is 1. The molecule has 1 amide bonds. The summed E-state index contributed by atoms with van der Waals surface area (Å²) in [6, 6.07) is 22.7. The predicted octanol–water partition coefficient (Wildman–Crippen LogP) is 5.23. The number of ether oxygens (including phenoxy) is 1. The first-order chi connectivity index (χ1) is 18.5. The van der Waals surface area contributed by atoms with Gasteiger partial charge >= 0.3 is 0 Å². The van der Waals surface area contributed by atoms with E-state index in [0.29, 0.717) is 18.7 Å². The average molecular weight is 528 g/mol. The van der Waals surface area contributed by atoms with Crippen molar-refractivity contribution in [2.75, 3.05) is 36.5 Å². The molecule has 1 saturated heterocycles. The molecule has 1 fully saturated rings. The Balaban J connectivity index is 1.27. The van der Waals surface area contributed by atoms with Gasteiger partial charge in [-0.05, 0) is 54.8 Å². The lowest BCUT2D eigenvalue weighted by atomic mass is 10.0. The van der Waals surface area contributed by atoms with Crippen LogP contribution >= 0.6 is 11.6 Å². The fraction of sp³-hybridized carbons (Fsp3) is 0.300. The third-order valence-electron chi connectivity index (χ3n) is 7.92. The zero-order valence-corrected chi connectivity index (χ0v) is 21.8. The number of carbonyl (C=O) groups is 1. The number of para-hydroxylation sites is 1. The molecule has 2 atom stereocenters. The smallest absolute Gasteiger partial charge is 0.254 e.